The lowest BCUT2D eigenvalue weighted by atomic mass is 9.92. The van der Waals surface area contributed by atoms with E-state index in [-0.39, 0.29) is 0 Å². The highest BCUT2D eigenvalue weighted by atomic mass is 16.4. The zero-order valence-electron chi connectivity index (χ0n) is 11.1. The largest absolute Gasteiger partial charge is 0.481 e. The number of carbonyl (C=O) groups is 1. The minimum absolute atomic E-state index is 0.390. The summed E-state index contributed by atoms with van der Waals surface area (Å²) < 4.78 is 0. The van der Waals surface area contributed by atoms with Gasteiger partial charge in [-0.1, -0.05) is 0 Å². The Hall–Kier alpha value is -1.49. The Balaban J connectivity index is 2.28. The Bertz CT molecular complexity index is 459. The maximum absolute atomic E-state index is 11.2. The van der Waals surface area contributed by atoms with Gasteiger partial charge in [-0.3, -0.25) is 4.79 Å². The van der Waals surface area contributed by atoms with Gasteiger partial charge in [0, 0.05) is 24.4 Å². The van der Waals surface area contributed by atoms with Gasteiger partial charge in [0.2, 0.25) is 0 Å². The molecule has 2 rings (SSSR count). The van der Waals surface area contributed by atoms with E-state index in [4.69, 9.17) is 0 Å². The highest BCUT2D eigenvalue weighted by Gasteiger charge is 2.33. The number of rotatable bonds is 3. The summed E-state index contributed by atoms with van der Waals surface area (Å²) in [6, 6.07) is 1.89. The molecule has 1 aromatic rings. The van der Waals surface area contributed by atoms with Crippen LogP contribution < -0.4 is 0 Å². The highest BCUT2D eigenvalue weighted by molar-refractivity contribution is 5.78. The van der Waals surface area contributed by atoms with Crippen LogP contribution in [-0.4, -0.2) is 46.1 Å². The van der Waals surface area contributed by atoms with Crippen molar-refractivity contribution in [2.24, 2.45) is 0 Å². The van der Waals surface area contributed by atoms with Crippen molar-refractivity contribution in [3.05, 3.63) is 23.8 Å². The van der Waals surface area contributed by atoms with E-state index in [1.807, 2.05) is 6.07 Å². The number of carboxylic acids is 1. The number of likely N-dealkylation sites (tertiary alicyclic amines) is 1. The van der Waals surface area contributed by atoms with E-state index in [9.17, 15) is 9.90 Å². The molecule has 1 N–H and O–H groups in total. The lowest BCUT2D eigenvalue weighted by Gasteiger charge is -2.19. The summed E-state index contributed by atoms with van der Waals surface area (Å²) in [5, 5.41) is 9.20. The maximum atomic E-state index is 11.2. The molecule has 0 aliphatic carbocycles. The molecule has 0 bridgehead atoms. The minimum atomic E-state index is -1.04. The van der Waals surface area contributed by atoms with Crippen LogP contribution in [0, 0.1) is 0 Å². The number of carboxylic acid groups (broad SMARTS) is 1. The van der Waals surface area contributed by atoms with Crippen LogP contribution in [0.3, 0.4) is 0 Å². The predicted octanol–water partition coefficient (Wildman–Crippen LogP) is 1.26. The van der Waals surface area contributed by atoms with E-state index in [1.165, 1.54) is 0 Å². The van der Waals surface area contributed by atoms with Crippen molar-refractivity contribution < 1.29 is 9.90 Å². The van der Waals surface area contributed by atoms with Crippen LogP contribution in [0.5, 0.6) is 0 Å². The van der Waals surface area contributed by atoms with Gasteiger partial charge in [-0.15, -0.1) is 0 Å². The molecule has 1 atom stereocenters. The lowest BCUT2D eigenvalue weighted by Crippen LogP contribution is -2.31. The Labute approximate surface area is 107 Å². The predicted molar refractivity (Wildman–Crippen MR) is 67.5 cm³/mol. The van der Waals surface area contributed by atoms with E-state index < -0.39 is 11.4 Å². The first-order chi connectivity index (χ1) is 8.41. The van der Waals surface area contributed by atoms with Crippen molar-refractivity contribution in [3.8, 4) is 0 Å². The zero-order chi connectivity index (χ0) is 13.3. The molecule has 98 valence electrons. The molecule has 18 heavy (non-hydrogen) atoms. The average molecular weight is 249 g/mol. The topological polar surface area (TPSA) is 66.3 Å². The first kappa shape index (κ1) is 13.0. The SMILES string of the molecule is CN1CCC(c2ccnc(C(C)(C)C(=O)O)n2)C1. The number of hydrogen-bond donors (Lipinski definition) is 1. The number of hydrogen-bond acceptors (Lipinski definition) is 4. The number of likely N-dealkylation sites (N-methyl/N-ethyl adjacent to an activating group) is 1. The molecule has 2 heterocycles. The second-order valence-corrected chi connectivity index (χ2v) is 5.48. The van der Waals surface area contributed by atoms with Crippen LogP contribution >= 0.6 is 0 Å². The highest BCUT2D eigenvalue weighted by Crippen LogP contribution is 2.26. The van der Waals surface area contributed by atoms with Crippen LogP contribution in [0.1, 0.15) is 37.7 Å². The van der Waals surface area contributed by atoms with Crippen molar-refractivity contribution in [2.45, 2.75) is 31.6 Å². The summed E-state index contributed by atoms with van der Waals surface area (Å²) in [6.45, 7) is 5.31. The quantitative estimate of drug-likeness (QED) is 0.873. The number of aliphatic carboxylic acids is 1. The minimum Gasteiger partial charge on any atom is -0.481 e. The molecule has 1 unspecified atom stereocenters. The molecular formula is C13H19N3O2. The zero-order valence-corrected chi connectivity index (χ0v) is 11.1. The molecule has 1 fully saturated rings. The molecule has 0 radical (unpaired) electrons. The molecule has 1 aliphatic rings. The summed E-state index contributed by atoms with van der Waals surface area (Å²) in [5.74, 6) is -0.119. The molecule has 0 aromatic carbocycles. The van der Waals surface area contributed by atoms with Gasteiger partial charge in [-0.25, -0.2) is 9.97 Å². The Morgan fingerprint density at radius 1 is 1.56 bits per heavy atom. The van der Waals surface area contributed by atoms with E-state index in [0.29, 0.717) is 11.7 Å². The third kappa shape index (κ3) is 2.36. The standard InChI is InChI=1S/C13H19N3O2/c1-13(2,12(17)18)11-14-6-4-10(15-11)9-5-7-16(3)8-9/h4,6,9H,5,7-8H2,1-3H3,(H,17,18). The first-order valence-electron chi connectivity index (χ1n) is 6.16. The van der Waals surface area contributed by atoms with Gasteiger partial charge in [-0.2, -0.15) is 0 Å². The van der Waals surface area contributed by atoms with Crippen LogP contribution in [0.15, 0.2) is 12.3 Å². The fraction of sp³-hybridized carbons (Fsp3) is 0.615. The fourth-order valence-corrected chi connectivity index (χ4v) is 2.17. The second-order valence-electron chi connectivity index (χ2n) is 5.48. The third-order valence-electron chi connectivity index (χ3n) is 3.58. The van der Waals surface area contributed by atoms with E-state index >= 15 is 0 Å². The van der Waals surface area contributed by atoms with Gasteiger partial charge in [0.1, 0.15) is 11.2 Å². The molecule has 1 aliphatic heterocycles. The molecule has 0 spiro atoms. The van der Waals surface area contributed by atoms with Crippen molar-refractivity contribution in [3.63, 3.8) is 0 Å². The summed E-state index contributed by atoms with van der Waals surface area (Å²) in [7, 11) is 2.09. The first-order valence-corrected chi connectivity index (χ1v) is 6.16. The molecule has 0 amide bonds. The Kier molecular flexibility index (Phi) is 3.34. The van der Waals surface area contributed by atoms with E-state index in [2.05, 4.69) is 21.9 Å². The Morgan fingerprint density at radius 2 is 2.28 bits per heavy atom. The molecule has 1 aromatic heterocycles. The molecule has 0 saturated carbocycles. The second kappa shape index (κ2) is 4.65. The van der Waals surface area contributed by atoms with E-state index in [1.54, 1.807) is 20.0 Å². The van der Waals surface area contributed by atoms with E-state index in [0.717, 1.165) is 25.2 Å². The summed E-state index contributed by atoms with van der Waals surface area (Å²) in [6.07, 6.45) is 2.74. The number of aromatic nitrogens is 2. The molecule has 5 heteroatoms. The smallest absolute Gasteiger partial charge is 0.316 e. The van der Waals surface area contributed by atoms with Gasteiger partial charge in [0.05, 0.1) is 0 Å². The molecule has 1 saturated heterocycles. The molecular weight excluding hydrogens is 230 g/mol. The van der Waals surface area contributed by atoms with Crippen molar-refractivity contribution in [2.75, 3.05) is 20.1 Å². The monoisotopic (exact) mass is 249 g/mol. The molecule has 5 nitrogen and oxygen atoms in total. The van der Waals surface area contributed by atoms with Gasteiger partial charge in [-0.05, 0) is 39.9 Å². The van der Waals surface area contributed by atoms with Crippen LogP contribution in [0.25, 0.3) is 0 Å². The third-order valence-corrected chi connectivity index (χ3v) is 3.58. The fourth-order valence-electron chi connectivity index (χ4n) is 2.17. The summed E-state index contributed by atoms with van der Waals surface area (Å²) in [5.41, 5.74) is -0.0840. The summed E-state index contributed by atoms with van der Waals surface area (Å²) >= 11 is 0. The van der Waals surface area contributed by atoms with Crippen LogP contribution in [-0.2, 0) is 10.2 Å². The van der Waals surface area contributed by atoms with Gasteiger partial charge < -0.3 is 10.0 Å². The van der Waals surface area contributed by atoms with Crippen LogP contribution in [0.4, 0.5) is 0 Å². The summed E-state index contributed by atoms with van der Waals surface area (Å²) in [4.78, 5) is 22.1. The van der Waals surface area contributed by atoms with Crippen LogP contribution in [0.2, 0.25) is 0 Å². The normalized spacial score (nSPS) is 21.2. The Morgan fingerprint density at radius 3 is 2.83 bits per heavy atom. The van der Waals surface area contributed by atoms with Crippen molar-refractivity contribution >= 4 is 5.97 Å². The van der Waals surface area contributed by atoms with Gasteiger partial charge in [0.25, 0.3) is 0 Å². The maximum Gasteiger partial charge on any atom is 0.316 e. The van der Waals surface area contributed by atoms with Crippen molar-refractivity contribution in [1.29, 1.82) is 0 Å². The van der Waals surface area contributed by atoms with Gasteiger partial charge >= 0.3 is 5.97 Å². The average Bonchev–Trinajstić information content (AvgIpc) is 2.76. The van der Waals surface area contributed by atoms with Crippen molar-refractivity contribution in [1.82, 2.24) is 14.9 Å². The number of nitrogens with zero attached hydrogens (tertiary/aromatic N) is 3. The van der Waals surface area contributed by atoms with Gasteiger partial charge in [0.15, 0.2) is 0 Å². The lowest BCUT2D eigenvalue weighted by molar-refractivity contribution is -0.142.